The highest BCUT2D eigenvalue weighted by Crippen LogP contribution is 2.41. The molecule has 0 fully saturated rings. The van der Waals surface area contributed by atoms with E-state index in [1.54, 1.807) is 0 Å². The molecular weight excluding hydrogens is 258 g/mol. The van der Waals surface area contributed by atoms with Gasteiger partial charge in [0.25, 0.3) is 11.8 Å². The molecule has 2 amide bonds. The minimum Gasteiger partial charge on any atom is -0.269 e. The average molecular weight is 270 g/mol. The van der Waals surface area contributed by atoms with Gasteiger partial charge in [0.1, 0.15) is 0 Å². The van der Waals surface area contributed by atoms with E-state index in [0.717, 1.165) is 41.9 Å². The van der Waals surface area contributed by atoms with E-state index < -0.39 is 0 Å². The van der Waals surface area contributed by atoms with Crippen LogP contribution in [0.2, 0.25) is 0 Å². The van der Waals surface area contributed by atoms with Gasteiger partial charge in [-0.2, -0.15) is 0 Å². The highest BCUT2D eigenvalue weighted by Gasteiger charge is 2.43. The zero-order valence-corrected chi connectivity index (χ0v) is 10.8. The minimum atomic E-state index is -0.131. The lowest BCUT2D eigenvalue weighted by Gasteiger charge is -2.21. The van der Waals surface area contributed by atoms with Gasteiger partial charge in [-0.1, -0.05) is 11.6 Å². The molecule has 0 saturated carbocycles. The topological polar surface area (TPSA) is 37.4 Å². The summed E-state index contributed by atoms with van der Waals surface area (Å²) in [4.78, 5) is 25.8. The molecule has 0 radical (unpaired) electrons. The monoisotopic (exact) mass is 269 g/mol. The van der Waals surface area contributed by atoms with E-state index in [-0.39, 0.29) is 17.2 Å². The standard InChI is InChI=1S/C12H12ClNO2S/c13-7-5-10(17-6-7)14-11(15)8-3-1-2-4-9(8)12(14)16/h6,10H,1-5H2. The summed E-state index contributed by atoms with van der Waals surface area (Å²) >= 11 is 7.38. The SMILES string of the molecule is O=C1C2=C(CCCC2)C(=O)N1C1CC(Cl)=CS1. The molecule has 3 rings (SSSR count). The second kappa shape index (κ2) is 4.18. The van der Waals surface area contributed by atoms with Crippen LogP contribution in [-0.2, 0) is 9.59 Å². The van der Waals surface area contributed by atoms with Gasteiger partial charge >= 0.3 is 0 Å². The van der Waals surface area contributed by atoms with Crippen LogP contribution in [-0.4, -0.2) is 22.1 Å². The Balaban J connectivity index is 1.86. The van der Waals surface area contributed by atoms with Crippen molar-refractivity contribution in [3.8, 4) is 0 Å². The van der Waals surface area contributed by atoms with Crippen molar-refractivity contribution < 1.29 is 9.59 Å². The number of halogens is 1. The number of thioether (sulfide) groups is 1. The highest BCUT2D eigenvalue weighted by molar-refractivity contribution is 8.03. The van der Waals surface area contributed by atoms with Gasteiger partial charge in [-0.3, -0.25) is 14.5 Å². The van der Waals surface area contributed by atoms with E-state index in [0.29, 0.717) is 6.42 Å². The number of rotatable bonds is 1. The van der Waals surface area contributed by atoms with E-state index in [2.05, 4.69) is 0 Å². The maximum absolute atomic E-state index is 12.2. The molecule has 0 aromatic rings. The second-order valence-corrected chi connectivity index (χ2v) is 6.04. The summed E-state index contributed by atoms with van der Waals surface area (Å²) < 4.78 is 0. The van der Waals surface area contributed by atoms with Crippen LogP contribution in [0.3, 0.4) is 0 Å². The van der Waals surface area contributed by atoms with Crippen LogP contribution in [0.4, 0.5) is 0 Å². The van der Waals surface area contributed by atoms with Gasteiger partial charge in [0.15, 0.2) is 0 Å². The Kier molecular flexibility index (Phi) is 2.79. The average Bonchev–Trinajstić information content (AvgIpc) is 2.84. The van der Waals surface area contributed by atoms with Crippen LogP contribution >= 0.6 is 23.4 Å². The van der Waals surface area contributed by atoms with Crippen molar-refractivity contribution in [2.45, 2.75) is 37.5 Å². The summed E-state index contributed by atoms with van der Waals surface area (Å²) in [5.41, 5.74) is 1.51. The fourth-order valence-electron chi connectivity index (χ4n) is 2.59. The molecule has 0 bridgehead atoms. The molecule has 1 unspecified atom stereocenters. The summed E-state index contributed by atoms with van der Waals surface area (Å²) in [7, 11) is 0. The fraction of sp³-hybridized carbons (Fsp3) is 0.500. The summed E-state index contributed by atoms with van der Waals surface area (Å²) in [6.07, 6.45) is 4.14. The van der Waals surface area contributed by atoms with Crippen molar-refractivity contribution in [3.63, 3.8) is 0 Å². The fourth-order valence-corrected chi connectivity index (χ4v) is 3.97. The summed E-state index contributed by atoms with van der Waals surface area (Å²) in [5.74, 6) is -0.163. The largest absolute Gasteiger partial charge is 0.269 e. The van der Waals surface area contributed by atoms with E-state index >= 15 is 0 Å². The number of carbonyl (C=O) groups is 2. The first-order valence-corrected chi connectivity index (χ1v) is 7.10. The van der Waals surface area contributed by atoms with Crippen molar-refractivity contribution in [3.05, 3.63) is 21.6 Å². The third kappa shape index (κ3) is 1.74. The number of amides is 2. The molecule has 1 atom stereocenters. The Morgan fingerprint density at radius 3 is 2.24 bits per heavy atom. The maximum atomic E-state index is 12.2. The van der Waals surface area contributed by atoms with Crippen molar-refractivity contribution in [2.75, 3.05) is 0 Å². The van der Waals surface area contributed by atoms with Gasteiger partial charge < -0.3 is 0 Å². The predicted molar refractivity (Wildman–Crippen MR) is 67.3 cm³/mol. The molecule has 90 valence electrons. The molecule has 2 aliphatic heterocycles. The Morgan fingerprint density at radius 1 is 1.18 bits per heavy atom. The molecule has 3 aliphatic rings. The van der Waals surface area contributed by atoms with Crippen LogP contribution in [0.15, 0.2) is 21.6 Å². The zero-order valence-electron chi connectivity index (χ0n) is 9.24. The normalized spacial score (nSPS) is 28.9. The molecule has 0 saturated heterocycles. The van der Waals surface area contributed by atoms with Crippen LogP contribution in [0.1, 0.15) is 32.1 Å². The number of carbonyl (C=O) groups excluding carboxylic acids is 2. The molecule has 0 aromatic carbocycles. The Hall–Kier alpha value is -0.740. The van der Waals surface area contributed by atoms with Crippen molar-refractivity contribution in [2.24, 2.45) is 0 Å². The lowest BCUT2D eigenvalue weighted by atomic mass is 9.93. The smallest absolute Gasteiger partial charge is 0.258 e. The molecule has 1 aliphatic carbocycles. The molecule has 0 spiro atoms. The Bertz CT molecular complexity index is 441. The first kappa shape index (κ1) is 11.4. The number of hydrogen-bond acceptors (Lipinski definition) is 3. The number of hydrogen-bond donors (Lipinski definition) is 0. The first-order chi connectivity index (χ1) is 8.18. The lowest BCUT2D eigenvalue weighted by molar-refractivity contribution is -0.138. The second-order valence-electron chi connectivity index (χ2n) is 4.50. The van der Waals surface area contributed by atoms with Gasteiger partial charge in [0, 0.05) is 22.6 Å². The maximum Gasteiger partial charge on any atom is 0.258 e. The highest BCUT2D eigenvalue weighted by atomic mass is 35.5. The molecule has 0 N–H and O–H groups in total. The third-order valence-corrected chi connectivity index (χ3v) is 4.94. The van der Waals surface area contributed by atoms with Crippen molar-refractivity contribution in [1.29, 1.82) is 0 Å². The molecule has 2 heterocycles. The van der Waals surface area contributed by atoms with Crippen LogP contribution in [0.5, 0.6) is 0 Å². The quantitative estimate of drug-likeness (QED) is 0.687. The molecule has 5 heteroatoms. The van der Waals surface area contributed by atoms with E-state index in [1.165, 1.54) is 16.7 Å². The molecule has 3 nitrogen and oxygen atoms in total. The Labute approximate surface area is 109 Å². The van der Waals surface area contributed by atoms with E-state index in [4.69, 9.17) is 11.6 Å². The minimum absolute atomic E-state index is 0.0815. The van der Waals surface area contributed by atoms with Gasteiger partial charge in [-0.25, -0.2) is 0 Å². The third-order valence-electron chi connectivity index (χ3n) is 3.43. The summed E-state index contributed by atoms with van der Waals surface area (Å²) in [5, 5.41) is 2.42. The van der Waals surface area contributed by atoms with Gasteiger partial charge in [0.2, 0.25) is 0 Å². The predicted octanol–water partition coefficient (Wildman–Crippen LogP) is 2.77. The Morgan fingerprint density at radius 2 is 1.76 bits per heavy atom. The molecule has 17 heavy (non-hydrogen) atoms. The van der Waals surface area contributed by atoms with Crippen molar-refractivity contribution in [1.82, 2.24) is 4.90 Å². The molecule has 0 aromatic heterocycles. The lowest BCUT2D eigenvalue weighted by Crippen LogP contribution is -2.38. The van der Waals surface area contributed by atoms with Crippen LogP contribution < -0.4 is 0 Å². The van der Waals surface area contributed by atoms with Gasteiger partial charge in [-0.15, -0.1) is 11.8 Å². The van der Waals surface area contributed by atoms with Gasteiger partial charge in [0.05, 0.1) is 5.37 Å². The van der Waals surface area contributed by atoms with Crippen LogP contribution in [0, 0.1) is 0 Å². The van der Waals surface area contributed by atoms with E-state index in [9.17, 15) is 9.59 Å². The number of nitrogens with zero attached hydrogens (tertiary/aromatic N) is 1. The number of imide groups is 1. The molecular formula is C12H12ClNO2S. The summed E-state index contributed by atoms with van der Waals surface area (Å²) in [6, 6.07) is 0. The summed E-state index contributed by atoms with van der Waals surface area (Å²) in [6.45, 7) is 0. The van der Waals surface area contributed by atoms with E-state index in [1.807, 2.05) is 5.41 Å². The van der Waals surface area contributed by atoms with Crippen LogP contribution in [0.25, 0.3) is 0 Å². The van der Waals surface area contributed by atoms with Crippen molar-refractivity contribution >= 4 is 35.2 Å². The zero-order chi connectivity index (χ0) is 12.0. The first-order valence-electron chi connectivity index (χ1n) is 5.78. The van der Waals surface area contributed by atoms with Gasteiger partial charge in [-0.05, 0) is 31.1 Å².